The molecular formula is C25H28F4N4O6. The van der Waals surface area contributed by atoms with Crippen LogP contribution in [0.25, 0.3) is 0 Å². The summed E-state index contributed by atoms with van der Waals surface area (Å²) in [6.45, 7) is -0.969. The van der Waals surface area contributed by atoms with Gasteiger partial charge in [0.2, 0.25) is 11.8 Å². The summed E-state index contributed by atoms with van der Waals surface area (Å²) >= 11 is 0. The molecule has 0 radical (unpaired) electrons. The molecule has 0 aromatic heterocycles. The molecule has 1 aromatic carbocycles. The fraction of sp³-hybridized carbons (Fsp3) is 0.560. The summed E-state index contributed by atoms with van der Waals surface area (Å²) < 4.78 is 55.3. The van der Waals surface area contributed by atoms with Crippen molar-refractivity contribution in [2.45, 2.75) is 50.6 Å². The predicted octanol–water partition coefficient (Wildman–Crippen LogP) is 1.51. The number of carbonyl (C=O) groups excluding carboxylic acids is 5. The van der Waals surface area contributed by atoms with E-state index in [1.54, 1.807) is 0 Å². The molecule has 0 bridgehead atoms. The molecule has 2 aliphatic heterocycles. The molecule has 2 saturated heterocycles. The number of rotatable bonds is 8. The smallest absolute Gasteiger partial charge is 0.356 e. The first kappa shape index (κ1) is 28.5. The highest BCUT2D eigenvalue weighted by Crippen LogP contribution is 2.42. The Bertz CT molecular complexity index is 1150. The standard InChI is InChI=1S/C25H28F4N4O6/c26-16-6-1-2-7-17(16)31-23(37)24(38)33-11-14-4-3-5-15(14)20(33)22(36)32-18(10-13-8-9-30-21(13)35)19(34)12-39-25(27,28)29/h1-2,6-7,13-15,18,20H,3-5,8-12H2,(H,30,35)(H,31,37)(H,32,36)/t13-,14?,15?,18-,20-/m0/s1. The number of para-hydroxylation sites is 1. The van der Waals surface area contributed by atoms with E-state index in [0.29, 0.717) is 25.8 Å². The number of likely N-dealkylation sites (tertiary alicyclic amines) is 1. The number of ether oxygens (including phenoxy) is 1. The lowest BCUT2D eigenvalue weighted by Gasteiger charge is -2.29. The van der Waals surface area contributed by atoms with Gasteiger partial charge in [-0.25, -0.2) is 4.39 Å². The average molecular weight is 557 g/mol. The molecule has 2 unspecified atom stereocenters. The molecule has 1 aromatic rings. The van der Waals surface area contributed by atoms with Crippen LogP contribution in [0.5, 0.6) is 0 Å². The highest BCUT2D eigenvalue weighted by molar-refractivity contribution is 6.40. The van der Waals surface area contributed by atoms with Gasteiger partial charge in [0.05, 0.1) is 11.7 Å². The minimum absolute atomic E-state index is 0.0765. The lowest BCUT2D eigenvalue weighted by atomic mass is 9.92. The van der Waals surface area contributed by atoms with Crippen molar-refractivity contribution in [1.29, 1.82) is 0 Å². The monoisotopic (exact) mass is 556 g/mol. The van der Waals surface area contributed by atoms with Crippen LogP contribution >= 0.6 is 0 Å². The summed E-state index contributed by atoms with van der Waals surface area (Å²) in [4.78, 5) is 65.1. The summed E-state index contributed by atoms with van der Waals surface area (Å²) in [6, 6.07) is 2.57. The van der Waals surface area contributed by atoms with Gasteiger partial charge in [0.15, 0.2) is 5.78 Å². The maximum absolute atomic E-state index is 14.0. The number of hydrogen-bond acceptors (Lipinski definition) is 6. The summed E-state index contributed by atoms with van der Waals surface area (Å²) in [5.74, 6) is -6.45. The maximum Gasteiger partial charge on any atom is 0.522 e. The minimum Gasteiger partial charge on any atom is -0.356 e. The van der Waals surface area contributed by atoms with Crippen LogP contribution in [0.4, 0.5) is 23.2 Å². The first-order valence-electron chi connectivity index (χ1n) is 12.6. The van der Waals surface area contributed by atoms with E-state index in [1.807, 2.05) is 0 Å². The van der Waals surface area contributed by atoms with Crippen molar-refractivity contribution in [3.05, 3.63) is 30.1 Å². The Morgan fingerprint density at radius 2 is 1.87 bits per heavy atom. The number of anilines is 1. The number of halogens is 4. The van der Waals surface area contributed by atoms with E-state index in [-0.39, 0.29) is 30.5 Å². The van der Waals surface area contributed by atoms with E-state index in [1.165, 1.54) is 18.2 Å². The summed E-state index contributed by atoms with van der Waals surface area (Å²) in [6.07, 6.45) is -2.98. The zero-order valence-corrected chi connectivity index (χ0v) is 20.8. The molecule has 3 N–H and O–H groups in total. The molecule has 4 amide bonds. The fourth-order valence-electron chi connectivity index (χ4n) is 5.66. The number of carbonyl (C=O) groups is 5. The van der Waals surface area contributed by atoms with Crippen LogP contribution in [-0.4, -0.2) is 72.5 Å². The van der Waals surface area contributed by atoms with Crippen LogP contribution in [0.15, 0.2) is 24.3 Å². The van der Waals surface area contributed by atoms with Gasteiger partial charge in [-0.15, -0.1) is 13.2 Å². The van der Waals surface area contributed by atoms with Crippen LogP contribution in [-0.2, 0) is 28.7 Å². The van der Waals surface area contributed by atoms with Crippen molar-refractivity contribution >= 4 is 35.1 Å². The number of nitrogens with zero attached hydrogens (tertiary/aromatic N) is 1. The van der Waals surface area contributed by atoms with Crippen LogP contribution in [0.1, 0.15) is 32.1 Å². The van der Waals surface area contributed by atoms with Crippen molar-refractivity contribution in [2.24, 2.45) is 17.8 Å². The number of ketones is 1. The Morgan fingerprint density at radius 1 is 1.13 bits per heavy atom. The number of Topliss-reactive ketones (excluding diaryl/α,β-unsaturated/α-hetero) is 1. The second kappa shape index (κ2) is 11.7. The topological polar surface area (TPSA) is 134 Å². The molecule has 14 heteroatoms. The van der Waals surface area contributed by atoms with E-state index >= 15 is 0 Å². The van der Waals surface area contributed by atoms with E-state index in [0.717, 1.165) is 17.4 Å². The summed E-state index contributed by atoms with van der Waals surface area (Å²) in [7, 11) is 0. The highest BCUT2D eigenvalue weighted by atomic mass is 19.4. The van der Waals surface area contributed by atoms with Crippen LogP contribution in [0.2, 0.25) is 0 Å². The Hall–Kier alpha value is -3.55. The van der Waals surface area contributed by atoms with Crippen molar-refractivity contribution in [2.75, 3.05) is 25.0 Å². The normalized spacial score (nSPS) is 25.1. The second-order valence-electron chi connectivity index (χ2n) is 9.97. The number of alkyl halides is 3. The van der Waals surface area contributed by atoms with Gasteiger partial charge in [-0.1, -0.05) is 18.6 Å². The van der Waals surface area contributed by atoms with E-state index in [4.69, 9.17) is 0 Å². The van der Waals surface area contributed by atoms with Gasteiger partial charge < -0.3 is 20.9 Å². The number of nitrogens with one attached hydrogen (secondary N) is 3. The van der Waals surface area contributed by atoms with Gasteiger partial charge in [0, 0.05) is 19.0 Å². The first-order chi connectivity index (χ1) is 18.4. The Kier molecular flexibility index (Phi) is 8.52. The van der Waals surface area contributed by atoms with Crippen LogP contribution in [0.3, 0.4) is 0 Å². The number of amides is 4. The molecular weight excluding hydrogens is 528 g/mol. The molecule has 3 aliphatic rings. The molecule has 4 rings (SSSR count). The van der Waals surface area contributed by atoms with Crippen molar-refractivity contribution in [1.82, 2.24) is 15.5 Å². The van der Waals surface area contributed by atoms with Gasteiger partial charge in [0.25, 0.3) is 0 Å². The molecule has 0 spiro atoms. The molecule has 212 valence electrons. The van der Waals surface area contributed by atoms with Crippen molar-refractivity contribution in [3.63, 3.8) is 0 Å². The molecule has 2 heterocycles. The zero-order valence-electron chi connectivity index (χ0n) is 20.8. The lowest BCUT2D eigenvalue weighted by Crippen LogP contribution is -2.55. The number of fused-ring (bicyclic) bond motifs is 1. The van der Waals surface area contributed by atoms with Crippen LogP contribution < -0.4 is 16.0 Å². The largest absolute Gasteiger partial charge is 0.522 e. The van der Waals surface area contributed by atoms with Gasteiger partial charge in [0.1, 0.15) is 18.5 Å². The molecule has 10 nitrogen and oxygen atoms in total. The molecule has 3 fully saturated rings. The number of hydrogen-bond donors (Lipinski definition) is 3. The van der Waals surface area contributed by atoms with E-state index in [9.17, 15) is 41.5 Å². The van der Waals surface area contributed by atoms with Gasteiger partial charge in [-0.2, -0.15) is 0 Å². The Balaban J connectivity index is 1.51. The lowest BCUT2D eigenvalue weighted by molar-refractivity contribution is -0.321. The molecule has 1 saturated carbocycles. The third-order valence-corrected chi connectivity index (χ3v) is 7.50. The highest BCUT2D eigenvalue weighted by Gasteiger charge is 2.51. The van der Waals surface area contributed by atoms with Crippen molar-refractivity contribution < 1.29 is 46.3 Å². The fourth-order valence-corrected chi connectivity index (χ4v) is 5.66. The van der Waals surface area contributed by atoms with Gasteiger partial charge in [-0.05, 0) is 49.7 Å². The summed E-state index contributed by atoms with van der Waals surface area (Å²) in [5.41, 5.74) is -0.221. The maximum atomic E-state index is 14.0. The third-order valence-electron chi connectivity index (χ3n) is 7.50. The Morgan fingerprint density at radius 3 is 2.54 bits per heavy atom. The van der Waals surface area contributed by atoms with Crippen molar-refractivity contribution in [3.8, 4) is 0 Å². The Labute approximate surface area is 220 Å². The average Bonchev–Trinajstić information content (AvgIpc) is 3.58. The van der Waals surface area contributed by atoms with Gasteiger partial charge >= 0.3 is 18.2 Å². The van der Waals surface area contributed by atoms with Gasteiger partial charge in [-0.3, -0.25) is 28.7 Å². The first-order valence-corrected chi connectivity index (χ1v) is 12.6. The quantitative estimate of drug-likeness (QED) is 0.328. The number of benzene rings is 1. The predicted molar refractivity (Wildman–Crippen MR) is 126 cm³/mol. The molecule has 39 heavy (non-hydrogen) atoms. The molecule has 5 atom stereocenters. The molecule has 1 aliphatic carbocycles. The minimum atomic E-state index is -5.08. The van der Waals surface area contributed by atoms with Crippen LogP contribution in [0, 0.1) is 23.6 Å². The third kappa shape index (κ3) is 6.72. The SMILES string of the molecule is O=C(Nc1ccccc1F)C(=O)N1CC2CCCC2[C@H]1C(=O)N[C@@H](C[C@@H]1CCNC1=O)C(=O)COC(F)(F)F. The summed E-state index contributed by atoms with van der Waals surface area (Å²) in [5, 5.41) is 7.20. The van der Waals surface area contributed by atoms with E-state index < -0.39 is 66.2 Å². The zero-order chi connectivity index (χ0) is 28.3. The van der Waals surface area contributed by atoms with E-state index in [2.05, 4.69) is 20.7 Å². The second-order valence-corrected chi connectivity index (χ2v) is 9.97.